The van der Waals surface area contributed by atoms with Gasteiger partial charge in [0.25, 0.3) is 5.91 Å². The molecule has 1 aromatic heterocycles. The number of hydrogen-bond donors (Lipinski definition) is 1. The highest BCUT2D eigenvalue weighted by Crippen LogP contribution is 2.22. The van der Waals surface area contributed by atoms with Crippen LogP contribution in [0.15, 0.2) is 6.20 Å². The van der Waals surface area contributed by atoms with E-state index in [0.29, 0.717) is 18.9 Å². The van der Waals surface area contributed by atoms with Crippen LogP contribution in [0.4, 0.5) is 0 Å². The van der Waals surface area contributed by atoms with E-state index in [9.17, 15) is 9.90 Å². The summed E-state index contributed by atoms with van der Waals surface area (Å²) in [6, 6.07) is 0. The summed E-state index contributed by atoms with van der Waals surface area (Å²) >= 11 is 6.05. The molecule has 1 aromatic rings. The largest absolute Gasteiger partial charge is 0.391 e. The van der Waals surface area contributed by atoms with Crippen LogP contribution in [0.1, 0.15) is 49.4 Å². The van der Waals surface area contributed by atoms with E-state index >= 15 is 0 Å². The first-order chi connectivity index (χ1) is 9.40. The summed E-state index contributed by atoms with van der Waals surface area (Å²) < 4.78 is 0. The van der Waals surface area contributed by atoms with Gasteiger partial charge in [0.05, 0.1) is 17.3 Å². The number of rotatable bonds is 2. The Kier molecular flexibility index (Phi) is 4.60. The normalized spacial score (nSPS) is 23.2. The highest BCUT2D eigenvalue weighted by molar-refractivity contribution is 6.33. The third-order valence-corrected chi connectivity index (χ3v) is 3.96. The van der Waals surface area contributed by atoms with Crippen LogP contribution in [-0.2, 0) is 0 Å². The molecule has 0 saturated carbocycles. The molecule has 1 aliphatic rings. The van der Waals surface area contributed by atoms with Crippen molar-refractivity contribution in [2.24, 2.45) is 5.92 Å². The Morgan fingerprint density at radius 2 is 2.25 bits per heavy atom. The fraction of sp³-hybridized carbons (Fsp3) is 0.643. The van der Waals surface area contributed by atoms with Gasteiger partial charge in [0.2, 0.25) is 0 Å². The SMILES string of the molecule is CC(C)c1ncc(Cl)c(C(=O)N2CCC(C)C(O)C2)n1. The molecule has 20 heavy (non-hydrogen) atoms. The summed E-state index contributed by atoms with van der Waals surface area (Å²) in [4.78, 5) is 22.5. The maximum absolute atomic E-state index is 12.5. The summed E-state index contributed by atoms with van der Waals surface area (Å²) in [7, 11) is 0. The molecule has 1 fully saturated rings. The molecule has 0 bridgehead atoms. The number of aliphatic hydroxyl groups excluding tert-OH is 1. The predicted molar refractivity (Wildman–Crippen MR) is 76.8 cm³/mol. The molecule has 110 valence electrons. The zero-order valence-electron chi connectivity index (χ0n) is 12.0. The van der Waals surface area contributed by atoms with Crippen LogP contribution in [0.3, 0.4) is 0 Å². The molecule has 2 heterocycles. The van der Waals surface area contributed by atoms with Crippen LogP contribution in [-0.4, -0.2) is 45.1 Å². The van der Waals surface area contributed by atoms with Gasteiger partial charge < -0.3 is 10.0 Å². The van der Waals surface area contributed by atoms with Gasteiger partial charge in [0.1, 0.15) is 5.82 Å². The number of carbonyl (C=O) groups excluding carboxylic acids is 1. The van der Waals surface area contributed by atoms with Crippen LogP contribution >= 0.6 is 11.6 Å². The zero-order chi connectivity index (χ0) is 14.9. The number of amides is 1. The van der Waals surface area contributed by atoms with Crippen LogP contribution in [0, 0.1) is 5.92 Å². The fourth-order valence-corrected chi connectivity index (χ4v) is 2.36. The zero-order valence-corrected chi connectivity index (χ0v) is 12.8. The Morgan fingerprint density at radius 1 is 1.55 bits per heavy atom. The molecule has 0 radical (unpaired) electrons. The number of aliphatic hydroxyl groups is 1. The summed E-state index contributed by atoms with van der Waals surface area (Å²) in [5, 5.41) is 10.2. The van der Waals surface area contributed by atoms with Crippen molar-refractivity contribution in [3.63, 3.8) is 0 Å². The first kappa shape index (κ1) is 15.2. The lowest BCUT2D eigenvalue weighted by Gasteiger charge is -2.34. The highest BCUT2D eigenvalue weighted by Gasteiger charge is 2.29. The molecule has 2 rings (SSSR count). The van der Waals surface area contributed by atoms with Crippen LogP contribution in [0.2, 0.25) is 5.02 Å². The first-order valence-electron chi connectivity index (χ1n) is 6.90. The van der Waals surface area contributed by atoms with E-state index in [1.165, 1.54) is 6.20 Å². The Morgan fingerprint density at radius 3 is 2.85 bits per heavy atom. The average molecular weight is 298 g/mol. The van der Waals surface area contributed by atoms with Gasteiger partial charge in [-0.15, -0.1) is 0 Å². The second kappa shape index (κ2) is 6.06. The lowest BCUT2D eigenvalue weighted by atomic mass is 9.96. The van der Waals surface area contributed by atoms with E-state index in [2.05, 4.69) is 9.97 Å². The minimum absolute atomic E-state index is 0.130. The second-order valence-electron chi connectivity index (χ2n) is 5.66. The Bertz CT molecular complexity index is 507. The summed E-state index contributed by atoms with van der Waals surface area (Å²) in [6.07, 6.45) is 1.77. The lowest BCUT2D eigenvalue weighted by molar-refractivity contribution is 0.0245. The van der Waals surface area contributed by atoms with Gasteiger partial charge in [-0.2, -0.15) is 0 Å². The molecular weight excluding hydrogens is 278 g/mol. The van der Waals surface area contributed by atoms with Gasteiger partial charge in [0.15, 0.2) is 5.69 Å². The average Bonchev–Trinajstić information content (AvgIpc) is 2.41. The number of nitrogens with zero attached hydrogens (tertiary/aromatic N) is 3. The summed E-state index contributed by atoms with van der Waals surface area (Å²) in [6.45, 7) is 6.86. The standard InChI is InChI=1S/C14H20ClN3O2/c1-8(2)13-16-6-10(15)12(17-13)14(20)18-5-4-9(3)11(19)7-18/h6,8-9,11,19H,4-5,7H2,1-3H3. The Labute approximate surface area is 124 Å². The van der Waals surface area contributed by atoms with Crippen molar-refractivity contribution in [3.8, 4) is 0 Å². The Balaban J connectivity index is 2.22. The van der Waals surface area contributed by atoms with Gasteiger partial charge >= 0.3 is 0 Å². The molecule has 0 aromatic carbocycles. The highest BCUT2D eigenvalue weighted by atomic mass is 35.5. The minimum Gasteiger partial charge on any atom is -0.391 e. The molecule has 1 N–H and O–H groups in total. The van der Waals surface area contributed by atoms with Gasteiger partial charge in [-0.3, -0.25) is 4.79 Å². The number of hydrogen-bond acceptors (Lipinski definition) is 4. The van der Waals surface area contributed by atoms with E-state index < -0.39 is 6.10 Å². The maximum Gasteiger partial charge on any atom is 0.274 e. The molecule has 1 aliphatic heterocycles. The van der Waals surface area contributed by atoms with Crippen LogP contribution in [0.25, 0.3) is 0 Å². The molecule has 2 atom stereocenters. The number of carbonyl (C=O) groups is 1. The van der Waals surface area contributed by atoms with Gasteiger partial charge in [-0.25, -0.2) is 9.97 Å². The first-order valence-corrected chi connectivity index (χ1v) is 7.27. The topological polar surface area (TPSA) is 66.3 Å². The smallest absolute Gasteiger partial charge is 0.274 e. The van der Waals surface area contributed by atoms with Gasteiger partial charge in [0, 0.05) is 19.0 Å². The molecule has 0 aliphatic carbocycles. The monoisotopic (exact) mass is 297 g/mol. The predicted octanol–water partition coefficient (Wildman–Crippen LogP) is 2.10. The fourth-order valence-electron chi connectivity index (χ4n) is 2.19. The number of aromatic nitrogens is 2. The van der Waals surface area contributed by atoms with Crippen molar-refractivity contribution in [1.82, 2.24) is 14.9 Å². The lowest BCUT2D eigenvalue weighted by Crippen LogP contribution is -2.46. The van der Waals surface area contributed by atoms with Crippen molar-refractivity contribution < 1.29 is 9.90 Å². The molecule has 5 nitrogen and oxygen atoms in total. The molecule has 6 heteroatoms. The van der Waals surface area contributed by atoms with Crippen LogP contribution < -0.4 is 0 Å². The van der Waals surface area contributed by atoms with Crippen molar-refractivity contribution in [2.45, 2.75) is 39.2 Å². The van der Waals surface area contributed by atoms with Crippen molar-refractivity contribution in [3.05, 3.63) is 22.7 Å². The van der Waals surface area contributed by atoms with Crippen LogP contribution in [0.5, 0.6) is 0 Å². The Hall–Kier alpha value is -1.20. The molecule has 2 unspecified atom stereocenters. The van der Waals surface area contributed by atoms with E-state index in [0.717, 1.165) is 6.42 Å². The van der Waals surface area contributed by atoms with E-state index in [-0.39, 0.29) is 28.5 Å². The number of halogens is 1. The summed E-state index contributed by atoms with van der Waals surface area (Å²) in [5.41, 5.74) is 0.229. The number of piperidine rings is 1. The van der Waals surface area contributed by atoms with Crippen molar-refractivity contribution in [2.75, 3.05) is 13.1 Å². The number of likely N-dealkylation sites (tertiary alicyclic amines) is 1. The maximum atomic E-state index is 12.5. The van der Waals surface area contributed by atoms with E-state index in [4.69, 9.17) is 11.6 Å². The van der Waals surface area contributed by atoms with E-state index in [1.54, 1.807) is 4.90 Å². The molecule has 0 spiro atoms. The second-order valence-corrected chi connectivity index (χ2v) is 6.07. The summed E-state index contributed by atoms with van der Waals surface area (Å²) in [5.74, 6) is 0.714. The molecule has 1 saturated heterocycles. The third kappa shape index (κ3) is 3.10. The molecule has 1 amide bonds. The van der Waals surface area contributed by atoms with Crippen molar-refractivity contribution in [1.29, 1.82) is 0 Å². The number of β-amino-alcohol motifs (C(OH)–C–C–N with tert-alkyl or cyclic N) is 1. The van der Waals surface area contributed by atoms with Crippen molar-refractivity contribution >= 4 is 17.5 Å². The quantitative estimate of drug-likeness (QED) is 0.908. The van der Waals surface area contributed by atoms with Gasteiger partial charge in [-0.1, -0.05) is 32.4 Å². The third-order valence-electron chi connectivity index (χ3n) is 3.69. The minimum atomic E-state index is -0.488. The van der Waals surface area contributed by atoms with Gasteiger partial charge in [-0.05, 0) is 12.3 Å². The molecular formula is C14H20ClN3O2. The van der Waals surface area contributed by atoms with E-state index in [1.807, 2.05) is 20.8 Å².